The Morgan fingerprint density at radius 1 is 1.21 bits per heavy atom. The van der Waals surface area contributed by atoms with E-state index in [-0.39, 0.29) is 24.6 Å². The summed E-state index contributed by atoms with van der Waals surface area (Å²) in [7, 11) is 1.27. The molecule has 3 aromatic rings. The minimum absolute atomic E-state index is 0.0732. The van der Waals surface area contributed by atoms with Crippen molar-refractivity contribution >= 4 is 44.4 Å². The zero-order valence-corrected chi connectivity index (χ0v) is 16.4. The Balaban J connectivity index is 1.92. The summed E-state index contributed by atoms with van der Waals surface area (Å²) in [5.41, 5.74) is 1.61. The van der Waals surface area contributed by atoms with E-state index in [9.17, 15) is 14.0 Å². The van der Waals surface area contributed by atoms with E-state index in [0.717, 1.165) is 5.56 Å². The predicted molar refractivity (Wildman–Crippen MR) is 105 cm³/mol. The SMILES string of the molecule is COC(=O)CNc1c(C(=O)NCc2ccc(F)cc2)nc(Br)c2cccnc12. The molecule has 2 heterocycles. The van der Waals surface area contributed by atoms with Gasteiger partial charge in [0.1, 0.15) is 17.0 Å². The lowest BCUT2D eigenvalue weighted by Crippen LogP contribution is -2.26. The Labute approximate surface area is 168 Å². The number of hydrogen-bond donors (Lipinski definition) is 2. The minimum Gasteiger partial charge on any atom is -0.468 e. The molecule has 0 bridgehead atoms. The van der Waals surface area contributed by atoms with E-state index >= 15 is 0 Å². The number of carbonyl (C=O) groups excluding carboxylic acids is 2. The van der Waals surface area contributed by atoms with E-state index in [1.165, 1.54) is 19.2 Å². The Hall–Kier alpha value is -3.07. The summed E-state index contributed by atoms with van der Waals surface area (Å²) < 4.78 is 18.1. The average Bonchev–Trinajstić information content (AvgIpc) is 2.72. The molecule has 0 saturated carbocycles. The second kappa shape index (κ2) is 8.75. The molecule has 0 aliphatic heterocycles. The number of aromatic nitrogens is 2. The van der Waals surface area contributed by atoms with Crippen LogP contribution < -0.4 is 10.6 Å². The van der Waals surface area contributed by atoms with Crippen LogP contribution in [0.1, 0.15) is 16.1 Å². The number of methoxy groups -OCH3 is 1. The number of benzene rings is 1. The van der Waals surface area contributed by atoms with Gasteiger partial charge in [0.15, 0.2) is 5.69 Å². The Kier molecular flexibility index (Phi) is 6.15. The first kappa shape index (κ1) is 19.7. The molecule has 0 atom stereocenters. The van der Waals surface area contributed by atoms with Crippen LogP contribution in [0.25, 0.3) is 10.9 Å². The predicted octanol–water partition coefficient (Wildman–Crippen LogP) is 3.05. The van der Waals surface area contributed by atoms with Crippen LogP contribution in [0.15, 0.2) is 47.2 Å². The highest BCUT2D eigenvalue weighted by Crippen LogP contribution is 2.29. The van der Waals surface area contributed by atoms with Crippen molar-refractivity contribution in [2.45, 2.75) is 6.54 Å². The molecule has 0 aliphatic rings. The van der Waals surface area contributed by atoms with Gasteiger partial charge in [0.05, 0.1) is 18.3 Å². The maximum Gasteiger partial charge on any atom is 0.325 e. The third-order valence-electron chi connectivity index (χ3n) is 3.93. The highest BCUT2D eigenvalue weighted by Gasteiger charge is 2.20. The van der Waals surface area contributed by atoms with E-state index in [1.807, 2.05) is 0 Å². The smallest absolute Gasteiger partial charge is 0.325 e. The van der Waals surface area contributed by atoms with Gasteiger partial charge in [-0.25, -0.2) is 9.37 Å². The molecule has 3 rings (SSSR count). The number of esters is 1. The van der Waals surface area contributed by atoms with E-state index in [1.54, 1.807) is 30.5 Å². The number of rotatable bonds is 6. The molecule has 2 N–H and O–H groups in total. The van der Waals surface area contributed by atoms with Crippen molar-refractivity contribution < 1.29 is 18.7 Å². The molecule has 144 valence electrons. The van der Waals surface area contributed by atoms with E-state index < -0.39 is 11.9 Å². The molecular formula is C19H16BrFN4O3. The molecule has 0 unspecified atom stereocenters. The van der Waals surface area contributed by atoms with Gasteiger partial charge in [-0.1, -0.05) is 12.1 Å². The van der Waals surface area contributed by atoms with Gasteiger partial charge in [0, 0.05) is 18.1 Å². The van der Waals surface area contributed by atoms with Crippen LogP contribution >= 0.6 is 15.9 Å². The van der Waals surface area contributed by atoms with E-state index in [4.69, 9.17) is 0 Å². The van der Waals surface area contributed by atoms with Crippen molar-refractivity contribution in [3.8, 4) is 0 Å². The summed E-state index contributed by atoms with van der Waals surface area (Å²) in [6, 6.07) is 9.34. The number of nitrogens with zero attached hydrogens (tertiary/aromatic N) is 2. The third-order valence-corrected chi connectivity index (χ3v) is 4.54. The number of pyridine rings is 2. The lowest BCUT2D eigenvalue weighted by atomic mass is 10.1. The first-order chi connectivity index (χ1) is 13.5. The van der Waals surface area contributed by atoms with Crippen molar-refractivity contribution in [2.24, 2.45) is 0 Å². The highest BCUT2D eigenvalue weighted by molar-refractivity contribution is 9.10. The van der Waals surface area contributed by atoms with Crippen molar-refractivity contribution in [1.29, 1.82) is 0 Å². The molecule has 28 heavy (non-hydrogen) atoms. The van der Waals surface area contributed by atoms with Gasteiger partial charge in [0.25, 0.3) is 5.91 Å². The van der Waals surface area contributed by atoms with Crippen molar-refractivity contribution in [3.63, 3.8) is 0 Å². The summed E-state index contributed by atoms with van der Waals surface area (Å²) in [6.07, 6.45) is 1.58. The second-order valence-corrected chi connectivity index (χ2v) is 6.52. The molecule has 1 amide bonds. The molecule has 1 aromatic carbocycles. The number of halogens is 2. The lowest BCUT2D eigenvalue weighted by molar-refractivity contribution is -0.138. The monoisotopic (exact) mass is 446 g/mol. The van der Waals surface area contributed by atoms with Crippen LogP contribution in [-0.2, 0) is 16.1 Å². The summed E-state index contributed by atoms with van der Waals surface area (Å²) >= 11 is 3.36. The first-order valence-electron chi connectivity index (χ1n) is 8.27. The van der Waals surface area contributed by atoms with Crippen LogP contribution in [0.3, 0.4) is 0 Å². The Bertz CT molecular complexity index is 1030. The summed E-state index contributed by atoms with van der Waals surface area (Å²) in [5, 5.41) is 6.32. The topological polar surface area (TPSA) is 93.2 Å². The summed E-state index contributed by atoms with van der Waals surface area (Å²) in [6.45, 7) is 0.0405. The quantitative estimate of drug-likeness (QED) is 0.446. The van der Waals surface area contributed by atoms with Gasteiger partial charge >= 0.3 is 5.97 Å². The molecule has 0 radical (unpaired) electrons. The molecule has 7 nitrogen and oxygen atoms in total. The van der Waals surface area contributed by atoms with Gasteiger partial charge in [-0.15, -0.1) is 0 Å². The maximum absolute atomic E-state index is 13.0. The molecular weight excluding hydrogens is 431 g/mol. The molecule has 2 aromatic heterocycles. The van der Waals surface area contributed by atoms with E-state index in [2.05, 4.69) is 41.3 Å². The maximum atomic E-state index is 13.0. The number of nitrogens with one attached hydrogen (secondary N) is 2. The third kappa shape index (κ3) is 4.42. The molecule has 0 aliphatic carbocycles. The van der Waals surface area contributed by atoms with Gasteiger partial charge < -0.3 is 15.4 Å². The Morgan fingerprint density at radius 3 is 2.68 bits per heavy atom. The van der Waals surface area contributed by atoms with Crippen molar-refractivity contribution in [3.05, 3.63) is 64.3 Å². The van der Waals surface area contributed by atoms with Crippen LogP contribution in [0, 0.1) is 5.82 Å². The van der Waals surface area contributed by atoms with E-state index in [0.29, 0.717) is 21.2 Å². The zero-order chi connectivity index (χ0) is 20.1. The van der Waals surface area contributed by atoms with Crippen molar-refractivity contribution in [1.82, 2.24) is 15.3 Å². The van der Waals surface area contributed by atoms with Gasteiger partial charge in [-0.2, -0.15) is 0 Å². The first-order valence-corrected chi connectivity index (χ1v) is 9.06. The fraction of sp³-hybridized carbons (Fsp3) is 0.158. The molecule has 0 fully saturated rings. The molecule has 9 heteroatoms. The number of carbonyl (C=O) groups is 2. The normalized spacial score (nSPS) is 10.5. The fourth-order valence-electron chi connectivity index (χ4n) is 2.53. The lowest BCUT2D eigenvalue weighted by Gasteiger charge is -2.14. The zero-order valence-electron chi connectivity index (χ0n) is 14.8. The van der Waals surface area contributed by atoms with Crippen LogP contribution in [0.5, 0.6) is 0 Å². The van der Waals surface area contributed by atoms with Crippen LogP contribution in [0.4, 0.5) is 10.1 Å². The fourth-order valence-corrected chi connectivity index (χ4v) is 3.03. The standard InChI is InChI=1S/C19H16BrFN4O3/c1-28-14(26)10-23-16-15-13(3-2-8-22-15)18(20)25-17(16)19(27)24-9-11-4-6-12(21)7-5-11/h2-8,23H,9-10H2,1H3,(H,24,27). The highest BCUT2D eigenvalue weighted by atomic mass is 79.9. The number of ether oxygens (including phenoxy) is 1. The van der Waals surface area contributed by atoms with Crippen LogP contribution in [0.2, 0.25) is 0 Å². The summed E-state index contributed by atoms with van der Waals surface area (Å²) in [4.78, 5) is 32.9. The van der Waals surface area contributed by atoms with Gasteiger partial charge in [0.2, 0.25) is 0 Å². The second-order valence-electron chi connectivity index (χ2n) is 5.76. The number of amides is 1. The van der Waals surface area contributed by atoms with Crippen LogP contribution in [-0.4, -0.2) is 35.5 Å². The average molecular weight is 447 g/mol. The number of hydrogen-bond acceptors (Lipinski definition) is 6. The molecule has 0 saturated heterocycles. The van der Waals surface area contributed by atoms with Crippen molar-refractivity contribution in [2.75, 3.05) is 19.0 Å². The number of fused-ring (bicyclic) bond motifs is 1. The van der Waals surface area contributed by atoms with Gasteiger partial charge in [-0.05, 0) is 45.8 Å². The van der Waals surface area contributed by atoms with Gasteiger partial charge in [-0.3, -0.25) is 14.6 Å². The summed E-state index contributed by atoms with van der Waals surface area (Å²) in [5.74, 6) is -1.31. The largest absolute Gasteiger partial charge is 0.468 e. The molecule has 0 spiro atoms. The number of anilines is 1. The Morgan fingerprint density at radius 2 is 1.96 bits per heavy atom. The minimum atomic E-state index is -0.496.